The highest BCUT2D eigenvalue weighted by Gasteiger charge is 2.27. The summed E-state index contributed by atoms with van der Waals surface area (Å²) in [6, 6.07) is 4.48. The normalized spacial score (nSPS) is 17.4. The van der Waals surface area contributed by atoms with E-state index >= 15 is 0 Å². The van der Waals surface area contributed by atoms with Crippen LogP contribution in [-0.2, 0) is 11.2 Å². The van der Waals surface area contributed by atoms with E-state index in [1.807, 2.05) is 19.2 Å². The van der Waals surface area contributed by atoms with Gasteiger partial charge in [-0.1, -0.05) is 12.1 Å². The summed E-state index contributed by atoms with van der Waals surface area (Å²) >= 11 is 0. The molecular formula is C14H20N2O4. The molecule has 1 fully saturated rings. The zero-order valence-corrected chi connectivity index (χ0v) is 11.7. The first-order valence-electron chi connectivity index (χ1n) is 6.50. The van der Waals surface area contributed by atoms with Gasteiger partial charge in [-0.3, -0.25) is 9.69 Å². The van der Waals surface area contributed by atoms with Crippen LogP contribution in [0.4, 0.5) is 0 Å². The van der Waals surface area contributed by atoms with E-state index in [2.05, 4.69) is 4.90 Å². The van der Waals surface area contributed by atoms with Crippen LogP contribution in [0.25, 0.3) is 0 Å². The number of ether oxygens (including phenoxy) is 2. The second-order valence-electron chi connectivity index (χ2n) is 5.06. The Hall–Kier alpha value is -1.79. The third-order valence-corrected chi connectivity index (χ3v) is 3.35. The van der Waals surface area contributed by atoms with E-state index in [1.165, 1.54) is 0 Å². The third kappa shape index (κ3) is 3.20. The molecule has 1 saturated heterocycles. The van der Waals surface area contributed by atoms with Crippen molar-refractivity contribution in [2.45, 2.75) is 18.6 Å². The number of hydrogen-bond donors (Lipinski definition) is 2. The molecule has 0 saturated carbocycles. The molecule has 1 aliphatic heterocycles. The van der Waals surface area contributed by atoms with E-state index in [-0.39, 0.29) is 12.5 Å². The maximum atomic E-state index is 10.9. The number of benzene rings is 1. The molecule has 3 N–H and O–H groups in total. The van der Waals surface area contributed by atoms with Crippen molar-refractivity contribution in [2.24, 2.45) is 5.73 Å². The third-order valence-electron chi connectivity index (χ3n) is 3.35. The topological polar surface area (TPSA) is 85.0 Å². The number of likely N-dealkylation sites (tertiary alicyclic amines) is 1. The molecule has 1 aromatic rings. The van der Waals surface area contributed by atoms with Crippen LogP contribution in [0, 0.1) is 0 Å². The SMILES string of the molecule is COc1cccc(CC(N)C(=O)O)c1OC1CN(C)C1. The molecular weight excluding hydrogens is 260 g/mol. The van der Waals surface area contributed by atoms with Gasteiger partial charge in [-0.15, -0.1) is 0 Å². The highest BCUT2D eigenvalue weighted by Crippen LogP contribution is 2.33. The monoisotopic (exact) mass is 280 g/mol. The first-order chi connectivity index (χ1) is 9.51. The molecule has 0 radical (unpaired) electrons. The van der Waals surface area contributed by atoms with Crippen LogP contribution in [0.2, 0.25) is 0 Å². The fourth-order valence-corrected chi connectivity index (χ4v) is 2.22. The minimum Gasteiger partial charge on any atom is -0.493 e. The van der Waals surface area contributed by atoms with Gasteiger partial charge in [0.15, 0.2) is 11.5 Å². The molecule has 0 bridgehead atoms. The number of rotatable bonds is 6. The Morgan fingerprint density at radius 3 is 2.80 bits per heavy atom. The summed E-state index contributed by atoms with van der Waals surface area (Å²) in [5.74, 6) is 0.182. The number of carboxylic acid groups (broad SMARTS) is 1. The Labute approximate surface area is 118 Å². The van der Waals surface area contributed by atoms with Gasteiger partial charge in [0, 0.05) is 25.1 Å². The highest BCUT2D eigenvalue weighted by atomic mass is 16.5. The molecule has 6 nitrogen and oxygen atoms in total. The number of carbonyl (C=O) groups is 1. The molecule has 1 aromatic carbocycles. The second-order valence-corrected chi connectivity index (χ2v) is 5.06. The minimum absolute atomic E-state index is 0.108. The molecule has 1 aliphatic rings. The van der Waals surface area contributed by atoms with Gasteiger partial charge in [-0.25, -0.2) is 0 Å². The van der Waals surface area contributed by atoms with Gasteiger partial charge in [0.2, 0.25) is 0 Å². The van der Waals surface area contributed by atoms with Crippen LogP contribution in [0.15, 0.2) is 18.2 Å². The number of nitrogens with two attached hydrogens (primary N) is 1. The van der Waals surface area contributed by atoms with E-state index in [1.54, 1.807) is 13.2 Å². The van der Waals surface area contributed by atoms with Gasteiger partial charge >= 0.3 is 5.97 Å². The summed E-state index contributed by atoms with van der Waals surface area (Å²) in [5.41, 5.74) is 6.36. The highest BCUT2D eigenvalue weighted by molar-refractivity contribution is 5.73. The van der Waals surface area contributed by atoms with E-state index in [9.17, 15) is 4.79 Å². The molecule has 0 amide bonds. The average Bonchev–Trinajstić information content (AvgIpc) is 2.38. The predicted molar refractivity (Wildman–Crippen MR) is 74.2 cm³/mol. The van der Waals surface area contributed by atoms with Crippen LogP contribution in [0.3, 0.4) is 0 Å². The average molecular weight is 280 g/mol. The van der Waals surface area contributed by atoms with Crippen molar-refractivity contribution >= 4 is 5.97 Å². The summed E-state index contributed by atoms with van der Waals surface area (Å²) in [5, 5.41) is 8.93. The fourth-order valence-electron chi connectivity index (χ4n) is 2.22. The number of likely N-dealkylation sites (N-methyl/N-ethyl adjacent to an activating group) is 1. The zero-order chi connectivity index (χ0) is 14.7. The second kappa shape index (κ2) is 6.11. The molecule has 20 heavy (non-hydrogen) atoms. The van der Waals surface area contributed by atoms with E-state index < -0.39 is 12.0 Å². The van der Waals surface area contributed by atoms with Crippen molar-refractivity contribution in [1.29, 1.82) is 0 Å². The number of hydrogen-bond acceptors (Lipinski definition) is 5. The first kappa shape index (κ1) is 14.6. The van der Waals surface area contributed by atoms with Crippen molar-refractivity contribution in [1.82, 2.24) is 4.90 Å². The van der Waals surface area contributed by atoms with E-state index in [0.29, 0.717) is 11.5 Å². The molecule has 0 spiro atoms. The Bertz CT molecular complexity index is 486. The van der Waals surface area contributed by atoms with Crippen LogP contribution < -0.4 is 15.2 Å². The van der Waals surface area contributed by atoms with Crippen molar-refractivity contribution in [2.75, 3.05) is 27.2 Å². The largest absolute Gasteiger partial charge is 0.493 e. The maximum Gasteiger partial charge on any atom is 0.320 e. The van der Waals surface area contributed by atoms with E-state index in [4.69, 9.17) is 20.3 Å². The lowest BCUT2D eigenvalue weighted by molar-refractivity contribution is -0.138. The summed E-state index contributed by atoms with van der Waals surface area (Å²) in [4.78, 5) is 13.0. The molecule has 1 unspecified atom stereocenters. The van der Waals surface area contributed by atoms with Gasteiger partial charge in [0.05, 0.1) is 7.11 Å². The molecule has 0 aromatic heterocycles. The van der Waals surface area contributed by atoms with Crippen molar-refractivity contribution in [3.05, 3.63) is 23.8 Å². The number of aliphatic carboxylic acids is 1. The predicted octanol–water partition coefficient (Wildman–Crippen LogP) is 0.342. The van der Waals surface area contributed by atoms with Crippen LogP contribution in [0.1, 0.15) is 5.56 Å². The van der Waals surface area contributed by atoms with Gasteiger partial charge in [-0.05, 0) is 13.1 Å². The zero-order valence-electron chi connectivity index (χ0n) is 11.7. The summed E-state index contributed by atoms with van der Waals surface area (Å²) in [6.45, 7) is 1.70. The van der Waals surface area contributed by atoms with Gasteiger partial charge in [0.25, 0.3) is 0 Å². The smallest absolute Gasteiger partial charge is 0.320 e. The molecule has 0 aliphatic carbocycles. The Morgan fingerprint density at radius 2 is 2.25 bits per heavy atom. The molecule has 2 rings (SSSR count). The fraction of sp³-hybridized carbons (Fsp3) is 0.500. The standard InChI is InChI=1S/C14H20N2O4/c1-16-7-10(8-16)20-13-9(6-11(15)14(17)18)4-3-5-12(13)19-2/h3-5,10-11H,6-8,15H2,1-2H3,(H,17,18). The van der Waals surface area contributed by atoms with E-state index in [0.717, 1.165) is 18.7 Å². The number of nitrogens with zero attached hydrogens (tertiary/aromatic N) is 1. The quantitative estimate of drug-likeness (QED) is 0.782. The van der Waals surface area contributed by atoms with Gasteiger partial charge < -0.3 is 20.3 Å². The Morgan fingerprint density at radius 1 is 1.55 bits per heavy atom. The lowest BCUT2D eigenvalue weighted by Crippen LogP contribution is -2.51. The Kier molecular flexibility index (Phi) is 4.46. The van der Waals surface area contributed by atoms with Crippen molar-refractivity contribution < 1.29 is 19.4 Å². The molecule has 1 atom stereocenters. The summed E-state index contributed by atoms with van der Waals surface area (Å²) in [7, 11) is 3.58. The minimum atomic E-state index is -1.03. The van der Waals surface area contributed by atoms with Crippen LogP contribution in [-0.4, -0.2) is 55.4 Å². The van der Waals surface area contributed by atoms with Gasteiger partial charge in [-0.2, -0.15) is 0 Å². The molecule has 1 heterocycles. The van der Waals surface area contributed by atoms with Crippen LogP contribution in [0.5, 0.6) is 11.5 Å². The molecule has 6 heteroatoms. The summed E-state index contributed by atoms with van der Waals surface area (Å²) in [6.07, 6.45) is 0.320. The molecule has 110 valence electrons. The van der Waals surface area contributed by atoms with Crippen molar-refractivity contribution in [3.8, 4) is 11.5 Å². The number of carboxylic acids is 1. The lowest BCUT2D eigenvalue weighted by Gasteiger charge is -2.36. The van der Waals surface area contributed by atoms with Gasteiger partial charge in [0.1, 0.15) is 12.1 Å². The van der Waals surface area contributed by atoms with Crippen molar-refractivity contribution in [3.63, 3.8) is 0 Å². The summed E-state index contributed by atoms with van der Waals surface area (Å²) < 4.78 is 11.2. The maximum absolute atomic E-state index is 10.9. The first-order valence-corrected chi connectivity index (χ1v) is 6.50. The Balaban J connectivity index is 2.19. The number of para-hydroxylation sites is 1. The lowest BCUT2D eigenvalue weighted by atomic mass is 10.0. The number of methoxy groups -OCH3 is 1. The van der Waals surface area contributed by atoms with Crippen LogP contribution >= 0.6 is 0 Å².